The van der Waals surface area contributed by atoms with Gasteiger partial charge in [0.15, 0.2) is 0 Å². The molecule has 0 aliphatic carbocycles. The molecule has 3 atom stereocenters. The van der Waals surface area contributed by atoms with Crippen LogP contribution in [0.15, 0.2) is 60.7 Å². The van der Waals surface area contributed by atoms with Gasteiger partial charge in [0.2, 0.25) is 11.8 Å². The third kappa shape index (κ3) is 5.31. The van der Waals surface area contributed by atoms with Gasteiger partial charge >= 0.3 is 0 Å². The zero-order valence-corrected chi connectivity index (χ0v) is 23.4. The Morgan fingerprint density at radius 2 is 1.93 bits per heavy atom. The summed E-state index contributed by atoms with van der Waals surface area (Å²) < 4.78 is 20.3. The molecule has 3 unspecified atom stereocenters. The molecule has 7 nitrogen and oxygen atoms in total. The van der Waals surface area contributed by atoms with E-state index >= 15 is 0 Å². The van der Waals surface area contributed by atoms with E-state index in [1.165, 1.54) is 6.07 Å². The Morgan fingerprint density at radius 3 is 2.62 bits per heavy atom. The molecule has 2 aliphatic heterocycles. The van der Waals surface area contributed by atoms with Gasteiger partial charge in [0, 0.05) is 23.0 Å². The number of anilines is 2. The highest BCUT2D eigenvalue weighted by Gasteiger charge is 2.59. The fourth-order valence-corrected chi connectivity index (χ4v) is 5.95. The normalized spacial score (nSPS) is 21.8. The molecular formula is C31H33ClFN3O4. The Kier molecular flexibility index (Phi) is 7.61. The second-order valence-electron chi connectivity index (χ2n) is 11.6. The Hall–Kier alpha value is -3.46. The molecule has 3 aromatic rings. The quantitative estimate of drug-likeness (QED) is 0.303. The van der Waals surface area contributed by atoms with Crippen LogP contribution in [0, 0.1) is 11.2 Å². The lowest BCUT2D eigenvalue weighted by Gasteiger charge is -2.33. The van der Waals surface area contributed by atoms with Gasteiger partial charge in [-0.25, -0.2) is 4.39 Å². The van der Waals surface area contributed by atoms with E-state index in [1.807, 2.05) is 6.07 Å². The molecule has 2 amide bonds. The zero-order valence-electron chi connectivity index (χ0n) is 22.7. The van der Waals surface area contributed by atoms with Gasteiger partial charge in [0.25, 0.3) is 0 Å². The minimum atomic E-state index is -1.02. The smallest absolute Gasteiger partial charge is 0.241 e. The van der Waals surface area contributed by atoms with Crippen molar-refractivity contribution >= 4 is 34.8 Å². The molecule has 0 aromatic heterocycles. The van der Waals surface area contributed by atoms with Crippen molar-refractivity contribution in [2.75, 3.05) is 23.8 Å². The number of rotatable bonds is 7. The SMILES string of the molecule is CC(C)(C)CC1NC(C(=O)Nc2ccc(OCCO)cc2)CC12C(=O)Nc1ccc(-c3cccc(Cl)c3F)cc12. The van der Waals surface area contributed by atoms with Crippen LogP contribution in [0.5, 0.6) is 5.75 Å². The van der Waals surface area contributed by atoms with Crippen LogP contribution < -0.4 is 20.7 Å². The first-order valence-corrected chi connectivity index (χ1v) is 13.7. The van der Waals surface area contributed by atoms with E-state index in [-0.39, 0.29) is 47.9 Å². The van der Waals surface area contributed by atoms with Gasteiger partial charge in [-0.3, -0.25) is 9.59 Å². The second-order valence-corrected chi connectivity index (χ2v) is 12.0. The van der Waals surface area contributed by atoms with Gasteiger partial charge in [-0.2, -0.15) is 0 Å². The average molecular weight is 566 g/mol. The monoisotopic (exact) mass is 565 g/mol. The van der Waals surface area contributed by atoms with E-state index in [2.05, 4.69) is 36.7 Å². The molecule has 3 aromatic carbocycles. The zero-order chi connectivity index (χ0) is 28.7. The highest BCUT2D eigenvalue weighted by molar-refractivity contribution is 6.31. The number of ether oxygens (including phenoxy) is 1. The van der Waals surface area contributed by atoms with Crippen LogP contribution in [0.3, 0.4) is 0 Å². The standard InChI is InChI=1S/C31H33ClFN3O4/c1-30(2,3)17-26-31(16-25(35-26)28(38)34-19-8-10-20(11-9-19)40-14-13-37)22-15-18(7-12-24(22)36-29(31)39)21-5-4-6-23(32)27(21)33/h4-12,15,25-26,35,37H,13-14,16-17H2,1-3H3,(H,34,38)(H,36,39). The molecule has 2 heterocycles. The predicted molar refractivity (Wildman–Crippen MR) is 154 cm³/mol. The fraction of sp³-hybridized carbons (Fsp3) is 0.355. The number of nitrogens with one attached hydrogen (secondary N) is 3. The van der Waals surface area contributed by atoms with E-state index in [4.69, 9.17) is 21.4 Å². The van der Waals surface area contributed by atoms with Crippen LogP contribution >= 0.6 is 11.6 Å². The minimum Gasteiger partial charge on any atom is -0.491 e. The highest BCUT2D eigenvalue weighted by atomic mass is 35.5. The number of aliphatic hydroxyl groups excluding tert-OH is 1. The molecule has 9 heteroatoms. The van der Waals surface area contributed by atoms with E-state index < -0.39 is 17.3 Å². The fourth-order valence-electron chi connectivity index (χ4n) is 5.77. The average Bonchev–Trinajstić information content (AvgIpc) is 3.42. The number of aliphatic hydroxyl groups is 1. The topological polar surface area (TPSA) is 99.7 Å². The van der Waals surface area contributed by atoms with Crippen LogP contribution in [-0.4, -0.2) is 42.2 Å². The van der Waals surface area contributed by atoms with E-state index in [0.717, 1.165) is 5.56 Å². The number of carbonyl (C=O) groups excluding carboxylic acids is 2. The number of fused-ring (bicyclic) bond motifs is 2. The van der Waals surface area contributed by atoms with Crippen molar-refractivity contribution in [3.8, 4) is 16.9 Å². The van der Waals surface area contributed by atoms with Gasteiger partial charge in [0.1, 0.15) is 18.2 Å². The molecule has 2 aliphatic rings. The third-order valence-corrected chi connectivity index (χ3v) is 7.85. The lowest BCUT2D eigenvalue weighted by atomic mass is 9.69. The maximum absolute atomic E-state index is 14.9. The van der Waals surface area contributed by atoms with Crippen molar-refractivity contribution in [3.63, 3.8) is 0 Å². The van der Waals surface area contributed by atoms with Gasteiger partial charge in [-0.05, 0) is 71.8 Å². The molecule has 5 rings (SSSR count). The van der Waals surface area contributed by atoms with Crippen LogP contribution in [0.25, 0.3) is 11.1 Å². The van der Waals surface area contributed by atoms with Gasteiger partial charge in [-0.15, -0.1) is 0 Å². The summed E-state index contributed by atoms with van der Waals surface area (Å²) in [5, 5.41) is 18.4. The van der Waals surface area contributed by atoms with Crippen LogP contribution in [0.4, 0.5) is 15.8 Å². The third-order valence-electron chi connectivity index (χ3n) is 7.55. The number of hydrogen-bond donors (Lipinski definition) is 4. The lowest BCUT2D eigenvalue weighted by molar-refractivity contribution is -0.121. The Bertz CT molecular complexity index is 1440. The van der Waals surface area contributed by atoms with Crippen molar-refractivity contribution < 1.29 is 23.8 Å². The van der Waals surface area contributed by atoms with Crippen LogP contribution in [0.1, 0.15) is 39.2 Å². The summed E-state index contributed by atoms with van der Waals surface area (Å²) in [6, 6.07) is 16.2. The summed E-state index contributed by atoms with van der Waals surface area (Å²) in [6.07, 6.45) is 0.883. The summed E-state index contributed by atoms with van der Waals surface area (Å²) in [7, 11) is 0. The van der Waals surface area contributed by atoms with Gasteiger partial charge in [-0.1, -0.05) is 50.6 Å². The molecule has 0 radical (unpaired) electrons. The number of amides is 2. The van der Waals surface area contributed by atoms with Crippen molar-refractivity contribution in [2.24, 2.45) is 5.41 Å². The van der Waals surface area contributed by atoms with E-state index in [1.54, 1.807) is 48.5 Å². The van der Waals surface area contributed by atoms with Crippen molar-refractivity contribution in [3.05, 3.63) is 77.1 Å². The Labute approximate surface area is 238 Å². The van der Waals surface area contributed by atoms with E-state index in [0.29, 0.717) is 34.7 Å². The highest BCUT2D eigenvalue weighted by Crippen LogP contribution is 2.50. The summed E-state index contributed by atoms with van der Waals surface area (Å²) in [4.78, 5) is 27.2. The largest absolute Gasteiger partial charge is 0.491 e. The van der Waals surface area contributed by atoms with Crippen molar-refractivity contribution in [1.82, 2.24) is 5.32 Å². The number of benzene rings is 3. The molecule has 0 saturated carbocycles. The molecule has 1 spiro atoms. The molecule has 40 heavy (non-hydrogen) atoms. The van der Waals surface area contributed by atoms with Gasteiger partial charge < -0.3 is 25.8 Å². The van der Waals surface area contributed by atoms with E-state index in [9.17, 15) is 14.0 Å². The molecule has 1 fully saturated rings. The molecule has 4 N–H and O–H groups in total. The van der Waals surface area contributed by atoms with Crippen LogP contribution in [0.2, 0.25) is 5.02 Å². The predicted octanol–water partition coefficient (Wildman–Crippen LogP) is 5.51. The maximum Gasteiger partial charge on any atom is 0.241 e. The number of hydrogen-bond acceptors (Lipinski definition) is 5. The first kappa shape index (κ1) is 28.1. The Balaban J connectivity index is 1.47. The molecular weight excluding hydrogens is 533 g/mol. The first-order chi connectivity index (χ1) is 19.0. The van der Waals surface area contributed by atoms with Crippen molar-refractivity contribution in [1.29, 1.82) is 0 Å². The summed E-state index contributed by atoms with van der Waals surface area (Å²) >= 11 is 6.06. The number of halogens is 2. The first-order valence-electron chi connectivity index (χ1n) is 13.3. The minimum absolute atomic E-state index is 0.0276. The maximum atomic E-state index is 14.9. The molecule has 1 saturated heterocycles. The summed E-state index contributed by atoms with van der Waals surface area (Å²) in [5.41, 5.74) is 1.81. The summed E-state index contributed by atoms with van der Waals surface area (Å²) in [5.74, 6) is -0.357. The lowest BCUT2D eigenvalue weighted by Crippen LogP contribution is -2.48. The van der Waals surface area contributed by atoms with Gasteiger partial charge in [0.05, 0.1) is 23.1 Å². The Morgan fingerprint density at radius 1 is 1.18 bits per heavy atom. The second kappa shape index (κ2) is 10.8. The summed E-state index contributed by atoms with van der Waals surface area (Å²) in [6.45, 7) is 6.39. The number of carbonyl (C=O) groups is 2. The molecule has 0 bridgehead atoms. The van der Waals surface area contributed by atoms with Crippen LogP contribution in [-0.2, 0) is 15.0 Å². The van der Waals surface area contributed by atoms with Crippen molar-refractivity contribution in [2.45, 2.75) is 51.1 Å². The molecule has 210 valence electrons.